The monoisotopic (exact) mass is 742 g/mol. The van der Waals surface area contributed by atoms with Crippen LogP contribution in [-0.4, -0.2) is 68.0 Å². The number of rotatable bonds is 13. The fourth-order valence-corrected chi connectivity index (χ4v) is 7.15. The van der Waals surface area contributed by atoms with Gasteiger partial charge in [-0.05, 0) is 79.2 Å². The topological polar surface area (TPSA) is 181 Å². The van der Waals surface area contributed by atoms with Crippen LogP contribution in [0.5, 0.6) is 5.75 Å². The highest BCUT2D eigenvalue weighted by molar-refractivity contribution is 6.18. The Hall–Kier alpha value is -7.03. The average molecular weight is 743 g/mol. The van der Waals surface area contributed by atoms with E-state index >= 15 is 0 Å². The third kappa shape index (κ3) is 6.94. The summed E-state index contributed by atoms with van der Waals surface area (Å²) in [5.41, 5.74) is 6.77. The summed E-state index contributed by atoms with van der Waals surface area (Å²) in [4.78, 5) is 58.3. The van der Waals surface area contributed by atoms with Gasteiger partial charge in [-0.1, -0.05) is 0 Å². The molecule has 5 aromatic heterocycles. The molecule has 0 unspecified atom stereocenters. The maximum absolute atomic E-state index is 13.2. The van der Waals surface area contributed by atoms with Gasteiger partial charge in [0.05, 0.1) is 29.7 Å². The highest BCUT2D eigenvalue weighted by Crippen LogP contribution is 2.39. The molecule has 0 aliphatic heterocycles. The van der Waals surface area contributed by atoms with Crippen molar-refractivity contribution in [2.45, 2.75) is 20.3 Å². The summed E-state index contributed by atoms with van der Waals surface area (Å²) in [5.74, 6) is 0.496. The summed E-state index contributed by atoms with van der Waals surface area (Å²) in [5, 5.41) is 19.0. The van der Waals surface area contributed by atoms with Crippen LogP contribution >= 0.6 is 0 Å². The van der Waals surface area contributed by atoms with Crippen LogP contribution in [0.25, 0.3) is 32.6 Å². The average Bonchev–Trinajstić information content (AvgIpc) is 3.93. The van der Waals surface area contributed by atoms with Crippen LogP contribution in [0.1, 0.15) is 49.0 Å². The molecule has 0 bridgehead atoms. The molecule has 5 heterocycles. The van der Waals surface area contributed by atoms with E-state index in [0.717, 1.165) is 55.3 Å². The number of fused-ring (bicyclic) bond motifs is 4. The van der Waals surface area contributed by atoms with E-state index in [1.165, 1.54) is 0 Å². The van der Waals surface area contributed by atoms with Crippen molar-refractivity contribution < 1.29 is 23.9 Å². The Morgan fingerprint density at radius 2 is 1.38 bits per heavy atom. The molecule has 0 radical (unpaired) electrons. The van der Waals surface area contributed by atoms with Crippen molar-refractivity contribution in [1.82, 2.24) is 29.0 Å². The number of nitrogens with one attached hydrogen (secondary N) is 6. The molecule has 282 valence electrons. The SMILES string of the molecule is COc1ccc2[nH]c3c(C)c4ccnc(NCCCNC(=O)c5cc(NC(=O)c6cc(NC(=O)c7cc(NC=O)cn7C)cn6C)cn5C)c4c(C)c3c2c1. The van der Waals surface area contributed by atoms with Crippen LogP contribution in [0.15, 0.2) is 67.3 Å². The number of anilines is 4. The standard InChI is InChI=1S/C40H42N10O5/c1-22-28-10-13-42-37(35(28)23(2)34-29-17-27(55-6)8-9-30(29)47-36(22)34)41-11-7-12-43-38(52)31-15-25(19-49(31)4)45-40(54)33-16-26(20-50(33)5)46-39(53)32-14-24(44-21-51)18-48(32)3/h8-10,13-21,47H,7,11-12H2,1-6H3,(H,41,42)(H,43,52)(H,44,51)(H,45,54)(H,46,53). The lowest BCUT2D eigenvalue weighted by molar-refractivity contribution is -0.105. The van der Waals surface area contributed by atoms with Gasteiger partial charge in [-0.3, -0.25) is 19.2 Å². The summed E-state index contributed by atoms with van der Waals surface area (Å²) < 4.78 is 10.3. The quantitative estimate of drug-likeness (QED) is 0.0637. The molecule has 0 atom stereocenters. The number of ether oxygens (including phenoxy) is 1. The van der Waals surface area contributed by atoms with E-state index in [4.69, 9.17) is 9.72 Å². The second kappa shape index (κ2) is 14.8. The zero-order valence-corrected chi connectivity index (χ0v) is 31.4. The Kier molecular flexibility index (Phi) is 9.76. The van der Waals surface area contributed by atoms with E-state index < -0.39 is 11.8 Å². The van der Waals surface area contributed by atoms with E-state index in [-0.39, 0.29) is 5.91 Å². The Morgan fingerprint density at radius 1 is 0.764 bits per heavy atom. The van der Waals surface area contributed by atoms with E-state index in [1.54, 1.807) is 78.7 Å². The molecule has 0 saturated heterocycles. The minimum absolute atomic E-state index is 0.272. The molecule has 0 fully saturated rings. The first-order valence-electron chi connectivity index (χ1n) is 17.7. The number of carbonyl (C=O) groups is 4. The van der Waals surface area contributed by atoms with Gasteiger partial charge < -0.3 is 50.0 Å². The number of benzene rings is 2. The van der Waals surface area contributed by atoms with E-state index in [9.17, 15) is 19.2 Å². The Bertz CT molecular complexity index is 2640. The summed E-state index contributed by atoms with van der Waals surface area (Å²) in [6.07, 6.45) is 7.90. The van der Waals surface area contributed by atoms with Crippen LogP contribution in [0, 0.1) is 13.8 Å². The predicted molar refractivity (Wildman–Crippen MR) is 214 cm³/mol. The third-order valence-corrected chi connectivity index (χ3v) is 9.87. The third-order valence-electron chi connectivity index (χ3n) is 9.87. The molecule has 15 heteroatoms. The van der Waals surface area contributed by atoms with Crippen LogP contribution < -0.4 is 31.3 Å². The Morgan fingerprint density at radius 3 is 2.02 bits per heavy atom. The van der Waals surface area contributed by atoms with Gasteiger partial charge in [0.2, 0.25) is 6.41 Å². The van der Waals surface area contributed by atoms with Gasteiger partial charge in [0.25, 0.3) is 17.7 Å². The van der Waals surface area contributed by atoms with Crippen molar-refractivity contribution in [2.75, 3.05) is 41.5 Å². The van der Waals surface area contributed by atoms with Crippen LogP contribution in [0.4, 0.5) is 22.9 Å². The maximum Gasteiger partial charge on any atom is 0.272 e. The summed E-state index contributed by atoms with van der Waals surface area (Å²) in [6.45, 7) is 5.25. The molecule has 0 aliphatic rings. The lowest BCUT2D eigenvalue weighted by Crippen LogP contribution is -2.27. The minimum Gasteiger partial charge on any atom is -0.497 e. The number of hydrogen-bond acceptors (Lipinski definition) is 7. The molecule has 0 saturated carbocycles. The minimum atomic E-state index is -0.416. The van der Waals surface area contributed by atoms with Crippen molar-refractivity contribution in [3.8, 4) is 5.75 Å². The van der Waals surface area contributed by atoms with Crippen LogP contribution in [0.3, 0.4) is 0 Å². The first-order valence-corrected chi connectivity index (χ1v) is 17.7. The molecule has 15 nitrogen and oxygen atoms in total. The molecule has 7 rings (SSSR count). The second-order valence-corrected chi connectivity index (χ2v) is 13.5. The predicted octanol–water partition coefficient (Wildman–Crippen LogP) is 5.82. The van der Waals surface area contributed by atoms with Crippen LogP contribution in [-0.2, 0) is 25.9 Å². The molecule has 0 aliphatic carbocycles. The van der Waals surface area contributed by atoms with Crippen molar-refractivity contribution in [1.29, 1.82) is 0 Å². The molecular formula is C40H42N10O5. The van der Waals surface area contributed by atoms with Gasteiger partial charge in [0.15, 0.2) is 0 Å². The first-order chi connectivity index (χ1) is 26.5. The molecule has 0 spiro atoms. The molecule has 2 aromatic carbocycles. The summed E-state index contributed by atoms with van der Waals surface area (Å²) >= 11 is 0. The molecular weight excluding hydrogens is 701 g/mol. The Balaban J connectivity index is 0.956. The molecule has 7 aromatic rings. The number of H-pyrrole nitrogens is 1. The van der Waals surface area contributed by atoms with Gasteiger partial charge in [-0.2, -0.15) is 0 Å². The van der Waals surface area contributed by atoms with Crippen molar-refractivity contribution in [3.63, 3.8) is 0 Å². The smallest absolute Gasteiger partial charge is 0.272 e. The van der Waals surface area contributed by atoms with E-state index in [2.05, 4.69) is 51.5 Å². The Labute approximate surface area is 316 Å². The number of aromatic nitrogens is 5. The fourth-order valence-electron chi connectivity index (χ4n) is 7.15. The highest BCUT2D eigenvalue weighted by Gasteiger charge is 2.20. The molecule has 4 amide bonds. The zero-order valence-electron chi connectivity index (χ0n) is 31.4. The van der Waals surface area contributed by atoms with Gasteiger partial charge in [0, 0.05) is 80.7 Å². The zero-order chi connectivity index (χ0) is 39.0. The van der Waals surface area contributed by atoms with Crippen LogP contribution in [0.2, 0.25) is 0 Å². The van der Waals surface area contributed by atoms with Gasteiger partial charge in [-0.25, -0.2) is 4.98 Å². The largest absolute Gasteiger partial charge is 0.497 e. The number of aryl methyl sites for hydroxylation is 5. The van der Waals surface area contributed by atoms with E-state index in [0.29, 0.717) is 60.1 Å². The summed E-state index contributed by atoms with van der Waals surface area (Å²) in [6, 6.07) is 12.8. The van der Waals surface area contributed by atoms with Gasteiger partial charge >= 0.3 is 0 Å². The number of nitrogens with zero attached hydrogens (tertiary/aromatic N) is 4. The molecule has 55 heavy (non-hydrogen) atoms. The number of carbonyl (C=O) groups excluding carboxylic acids is 4. The molecule has 6 N–H and O–H groups in total. The van der Waals surface area contributed by atoms with Gasteiger partial charge in [0.1, 0.15) is 28.6 Å². The number of hydrogen-bond donors (Lipinski definition) is 6. The number of pyridine rings is 1. The highest BCUT2D eigenvalue weighted by atomic mass is 16.5. The normalized spacial score (nSPS) is 11.2. The maximum atomic E-state index is 13.2. The fraction of sp³-hybridized carbons (Fsp3) is 0.225. The van der Waals surface area contributed by atoms with E-state index in [1.807, 2.05) is 24.4 Å². The number of methoxy groups -OCH3 is 1. The van der Waals surface area contributed by atoms with Crippen molar-refractivity contribution >= 4 is 79.6 Å². The lowest BCUT2D eigenvalue weighted by atomic mass is 9.96. The lowest BCUT2D eigenvalue weighted by Gasteiger charge is -2.14. The second-order valence-electron chi connectivity index (χ2n) is 13.5. The van der Waals surface area contributed by atoms with Crippen molar-refractivity contribution in [2.24, 2.45) is 21.1 Å². The summed E-state index contributed by atoms with van der Waals surface area (Å²) in [7, 11) is 6.78. The number of amides is 4. The van der Waals surface area contributed by atoms with Crippen molar-refractivity contribution in [3.05, 3.63) is 95.5 Å². The first kappa shape index (κ1) is 36.3. The number of aromatic amines is 1. The van der Waals surface area contributed by atoms with Gasteiger partial charge in [-0.15, -0.1) is 0 Å².